The van der Waals surface area contributed by atoms with Gasteiger partial charge >= 0.3 is 5.97 Å². The zero-order valence-electron chi connectivity index (χ0n) is 9.70. The Bertz CT molecular complexity index is 818. The quantitative estimate of drug-likeness (QED) is 0.724. The number of hydrogen-bond donors (Lipinski definition) is 2. The molecule has 0 saturated heterocycles. The molecule has 6 nitrogen and oxygen atoms in total. The molecule has 0 aliphatic rings. The van der Waals surface area contributed by atoms with Gasteiger partial charge in [0.05, 0.1) is 5.69 Å². The number of carboxylic acid groups (broad SMARTS) is 1. The average molecular weight is 255 g/mol. The fourth-order valence-corrected chi connectivity index (χ4v) is 1.90. The Morgan fingerprint density at radius 3 is 2.68 bits per heavy atom. The summed E-state index contributed by atoms with van der Waals surface area (Å²) in [6, 6.07) is 10.5. The van der Waals surface area contributed by atoms with Crippen LogP contribution in [0.2, 0.25) is 0 Å². The third-order valence-corrected chi connectivity index (χ3v) is 2.80. The molecule has 0 bridgehead atoms. The number of carbonyl (C=O) groups is 1. The van der Waals surface area contributed by atoms with Crippen molar-refractivity contribution in [2.45, 2.75) is 0 Å². The highest BCUT2D eigenvalue weighted by molar-refractivity contribution is 5.94. The van der Waals surface area contributed by atoms with E-state index < -0.39 is 5.97 Å². The molecule has 94 valence electrons. The van der Waals surface area contributed by atoms with Crippen molar-refractivity contribution in [3.8, 4) is 11.3 Å². The van der Waals surface area contributed by atoms with Crippen molar-refractivity contribution in [1.82, 2.24) is 14.6 Å². The Hall–Kier alpha value is -2.89. The monoisotopic (exact) mass is 255 g/mol. The van der Waals surface area contributed by atoms with Crippen molar-refractivity contribution in [3.63, 3.8) is 0 Å². The molecule has 1 aromatic carbocycles. The van der Waals surface area contributed by atoms with Crippen LogP contribution in [0.3, 0.4) is 0 Å². The van der Waals surface area contributed by atoms with E-state index in [0.29, 0.717) is 5.69 Å². The SMILES string of the molecule is O=C(O)c1c[nH]n2c(=O)cc(-c3ccccc3)nc12. The van der Waals surface area contributed by atoms with Crippen molar-refractivity contribution in [2.75, 3.05) is 0 Å². The summed E-state index contributed by atoms with van der Waals surface area (Å²) in [4.78, 5) is 27.2. The van der Waals surface area contributed by atoms with E-state index in [-0.39, 0.29) is 16.8 Å². The van der Waals surface area contributed by atoms with Gasteiger partial charge in [0.15, 0.2) is 5.65 Å². The van der Waals surface area contributed by atoms with E-state index in [1.54, 1.807) is 0 Å². The van der Waals surface area contributed by atoms with Gasteiger partial charge in [-0.25, -0.2) is 14.3 Å². The molecule has 0 atom stereocenters. The molecule has 3 aromatic rings. The molecule has 0 saturated carbocycles. The lowest BCUT2D eigenvalue weighted by atomic mass is 10.1. The molecule has 6 heteroatoms. The molecule has 19 heavy (non-hydrogen) atoms. The molecule has 0 aliphatic carbocycles. The molecule has 0 aliphatic heterocycles. The normalized spacial score (nSPS) is 10.7. The van der Waals surface area contributed by atoms with Crippen LogP contribution >= 0.6 is 0 Å². The minimum Gasteiger partial charge on any atom is -0.477 e. The van der Waals surface area contributed by atoms with E-state index in [1.165, 1.54) is 12.3 Å². The van der Waals surface area contributed by atoms with Crippen molar-refractivity contribution >= 4 is 11.6 Å². The Kier molecular flexibility index (Phi) is 2.42. The minimum atomic E-state index is -1.13. The summed E-state index contributed by atoms with van der Waals surface area (Å²) in [7, 11) is 0. The molecule has 2 heterocycles. The van der Waals surface area contributed by atoms with E-state index in [9.17, 15) is 9.59 Å². The summed E-state index contributed by atoms with van der Waals surface area (Å²) < 4.78 is 1.11. The second-order valence-corrected chi connectivity index (χ2v) is 4.00. The molecule has 0 spiro atoms. The minimum absolute atomic E-state index is 0.0325. The summed E-state index contributed by atoms with van der Waals surface area (Å²) in [5, 5.41) is 11.6. The number of nitrogens with zero attached hydrogens (tertiary/aromatic N) is 2. The predicted octanol–water partition coefficient (Wildman–Crippen LogP) is 1.39. The Labute approximate surface area is 106 Å². The van der Waals surface area contributed by atoms with Gasteiger partial charge in [0.2, 0.25) is 0 Å². The number of nitrogens with one attached hydrogen (secondary N) is 1. The van der Waals surface area contributed by atoms with Crippen LogP contribution in [-0.2, 0) is 0 Å². The van der Waals surface area contributed by atoms with Crippen molar-refractivity contribution in [1.29, 1.82) is 0 Å². The van der Waals surface area contributed by atoms with Crippen molar-refractivity contribution in [3.05, 3.63) is 58.5 Å². The number of rotatable bonds is 2. The number of aromatic nitrogens is 3. The van der Waals surface area contributed by atoms with Crippen LogP contribution in [0.15, 0.2) is 47.4 Å². The largest absolute Gasteiger partial charge is 0.477 e. The van der Waals surface area contributed by atoms with E-state index in [0.717, 1.165) is 10.1 Å². The average Bonchev–Trinajstić information content (AvgIpc) is 2.84. The standard InChI is InChI=1S/C13H9N3O3/c17-11-6-10(8-4-2-1-3-5-8)15-12-9(13(18)19)7-14-16(11)12/h1-7,14H,(H,18,19). The molecule has 0 amide bonds. The van der Waals surface area contributed by atoms with Crippen LogP contribution in [0.5, 0.6) is 0 Å². The Morgan fingerprint density at radius 1 is 1.26 bits per heavy atom. The van der Waals surface area contributed by atoms with E-state index >= 15 is 0 Å². The number of aromatic carboxylic acids is 1. The molecule has 3 rings (SSSR count). The summed E-state index contributed by atoms with van der Waals surface area (Å²) >= 11 is 0. The Morgan fingerprint density at radius 2 is 2.00 bits per heavy atom. The third kappa shape index (κ3) is 1.79. The second kappa shape index (κ2) is 4.09. The first-order chi connectivity index (χ1) is 9.16. The van der Waals surface area contributed by atoms with Crippen molar-refractivity contribution < 1.29 is 9.90 Å². The van der Waals surface area contributed by atoms with E-state index in [1.807, 2.05) is 30.3 Å². The number of H-pyrrole nitrogens is 1. The first-order valence-electron chi connectivity index (χ1n) is 5.57. The summed E-state index contributed by atoms with van der Waals surface area (Å²) in [5.41, 5.74) is 0.942. The maximum atomic E-state index is 11.9. The topological polar surface area (TPSA) is 87.5 Å². The fraction of sp³-hybridized carbons (Fsp3) is 0. The lowest BCUT2D eigenvalue weighted by Crippen LogP contribution is -2.15. The van der Waals surface area contributed by atoms with Gasteiger partial charge in [0.25, 0.3) is 5.56 Å². The molecular weight excluding hydrogens is 246 g/mol. The number of carboxylic acids is 1. The van der Waals surface area contributed by atoms with E-state index in [2.05, 4.69) is 10.1 Å². The van der Waals surface area contributed by atoms with Gasteiger partial charge in [-0.15, -0.1) is 0 Å². The highest BCUT2D eigenvalue weighted by Crippen LogP contribution is 2.16. The van der Waals surface area contributed by atoms with Gasteiger partial charge in [-0.3, -0.25) is 9.89 Å². The van der Waals surface area contributed by atoms with Gasteiger partial charge in [-0.1, -0.05) is 30.3 Å². The molecule has 2 N–H and O–H groups in total. The molecule has 0 radical (unpaired) electrons. The maximum Gasteiger partial charge on any atom is 0.341 e. The van der Waals surface area contributed by atoms with Gasteiger partial charge in [0.1, 0.15) is 5.56 Å². The van der Waals surface area contributed by atoms with Gasteiger partial charge < -0.3 is 5.11 Å². The molecule has 2 aromatic heterocycles. The van der Waals surface area contributed by atoms with Crippen LogP contribution in [-0.4, -0.2) is 25.7 Å². The lowest BCUT2D eigenvalue weighted by Gasteiger charge is -2.01. The van der Waals surface area contributed by atoms with Crippen molar-refractivity contribution in [2.24, 2.45) is 0 Å². The Balaban J connectivity index is 2.32. The number of hydrogen-bond acceptors (Lipinski definition) is 3. The molecule has 0 fully saturated rings. The van der Waals surface area contributed by atoms with Gasteiger partial charge in [-0.05, 0) is 0 Å². The zero-order chi connectivity index (χ0) is 13.4. The first kappa shape index (κ1) is 11.2. The highest BCUT2D eigenvalue weighted by atomic mass is 16.4. The van der Waals surface area contributed by atoms with E-state index in [4.69, 9.17) is 5.11 Å². The van der Waals surface area contributed by atoms with Crippen LogP contribution in [0.1, 0.15) is 10.4 Å². The second-order valence-electron chi connectivity index (χ2n) is 4.00. The van der Waals surface area contributed by atoms with Crippen LogP contribution < -0.4 is 5.56 Å². The summed E-state index contributed by atoms with van der Waals surface area (Å²) in [6.07, 6.45) is 1.25. The van der Waals surface area contributed by atoms with Crippen LogP contribution in [0.25, 0.3) is 16.9 Å². The summed E-state index contributed by atoms with van der Waals surface area (Å²) in [6.45, 7) is 0. The van der Waals surface area contributed by atoms with Crippen LogP contribution in [0, 0.1) is 0 Å². The predicted molar refractivity (Wildman–Crippen MR) is 68.2 cm³/mol. The number of benzene rings is 1. The molecular formula is C13H9N3O3. The first-order valence-corrected chi connectivity index (χ1v) is 5.57. The lowest BCUT2D eigenvalue weighted by molar-refractivity contribution is 0.0699. The number of aromatic amines is 1. The van der Waals surface area contributed by atoms with Gasteiger partial charge in [-0.2, -0.15) is 0 Å². The highest BCUT2D eigenvalue weighted by Gasteiger charge is 2.14. The van der Waals surface area contributed by atoms with Crippen LogP contribution in [0.4, 0.5) is 0 Å². The number of fused-ring (bicyclic) bond motifs is 1. The zero-order valence-corrected chi connectivity index (χ0v) is 9.70. The smallest absolute Gasteiger partial charge is 0.341 e. The maximum absolute atomic E-state index is 11.9. The van der Waals surface area contributed by atoms with Gasteiger partial charge in [0, 0.05) is 17.8 Å². The molecule has 0 unspecified atom stereocenters. The summed E-state index contributed by atoms with van der Waals surface area (Å²) in [5.74, 6) is -1.13. The fourth-order valence-electron chi connectivity index (χ4n) is 1.90. The third-order valence-electron chi connectivity index (χ3n) is 2.80.